The molecule has 178 valence electrons. The van der Waals surface area contributed by atoms with Gasteiger partial charge in [-0.15, -0.1) is 0 Å². The molecule has 4 aromatic rings. The highest BCUT2D eigenvalue weighted by Crippen LogP contribution is 2.49. The van der Waals surface area contributed by atoms with Crippen molar-refractivity contribution in [2.24, 2.45) is 0 Å². The van der Waals surface area contributed by atoms with E-state index in [0.717, 1.165) is 66.0 Å². The Kier molecular flexibility index (Phi) is 4.38. The van der Waals surface area contributed by atoms with Crippen LogP contribution in [0.5, 0.6) is 5.75 Å². The molecule has 1 aliphatic heterocycles. The van der Waals surface area contributed by atoms with E-state index in [1.54, 1.807) is 12.3 Å². The number of ether oxygens (including phenoxy) is 1. The third-order valence-electron chi connectivity index (χ3n) is 7.61. The minimum atomic E-state index is -0.451. The maximum absolute atomic E-state index is 14.5. The number of hydrogen-bond donors (Lipinski definition) is 1. The number of anilines is 1. The average Bonchev–Trinajstić information content (AvgIpc) is 3.32. The maximum Gasteiger partial charge on any atom is 0.166 e. The van der Waals surface area contributed by atoms with E-state index in [1.807, 2.05) is 19.1 Å². The molecule has 3 aliphatic rings. The van der Waals surface area contributed by atoms with Gasteiger partial charge in [-0.1, -0.05) is 0 Å². The van der Waals surface area contributed by atoms with Gasteiger partial charge in [-0.3, -0.25) is 9.36 Å². The van der Waals surface area contributed by atoms with Crippen LogP contribution >= 0.6 is 0 Å². The van der Waals surface area contributed by atoms with Crippen molar-refractivity contribution < 1.29 is 9.13 Å². The largest absolute Gasteiger partial charge is 0.482 e. The molecule has 2 aliphatic carbocycles. The molecule has 1 aromatic carbocycles. The van der Waals surface area contributed by atoms with E-state index >= 15 is 0 Å². The van der Waals surface area contributed by atoms with Gasteiger partial charge in [-0.05, 0) is 63.8 Å². The highest BCUT2D eigenvalue weighted by Gasteiger charge is 2.37. The van der Waals surface area contributed by atoms with Crippen LogP contribution in [0, 0.1) is 5.82 Å². The Morgan fingerprint density at radius 3 is 2.80 bits per heavy atom. The average molecular weight is 471 g/mol. The van der Waals surface area contributed by atoms with Gasteiger partial charge in [0.1, 0.15) is 11.9 Å². The van der Waals surface area contributed by atoms with Crippen LogP contribution in [0.15, 0.2) is 36.7 Å². The van der Waals surface area contributed by atoms with E-state index in [4.69, 9.17) is 20.7 Å². The summed E-state index contributed by atoms with van der Waals surface area (Å²) in [5.74, 6) is 0.646. The Bertz CT molecular complexity index is 1480. The maximum atomic E-state index is 14.5. The number of nitrogen functional groups attached to an aromatic ring is 1. The molecule has 3 aromatic heterocycles. The topological polar surface area (TPSA) is 83.8 Å². The third kappa shape index (κ3) is 3.12. The van der Waals surface area contributed by atoms with Crippen LogP contribution in [0.4, 0.5) is 10.2 Å². The van der Waals surface area contributed by atoms with Gasteiger partial charge in [0.25, 0.3) is 0 Å². The zero-order valence-corrected chi connectivity index (χ0v) is 19.8. The first-order chi connectivity index (χ1) is 17.0. The molecule has 0 amide bonds. The van der Waals surface area contributed by atoms with Gasteiger partial charge in [0.15, 0.2) is 11.6 Å². The van der Waals surface area contributed by atoms with E-state index in [1.165, 1.54) is 17.2 Å². The molecular formula is C27H27FN6O. The lowest BCUT2D eigenvalue weighted by Crippen LogP contribution is -2.11. The van der Waals surface area contributed by atoms with E-state index in [0.29, 0.717) is 17.6 Å². The summed E-state index contributed by atoms with van der Waals surface area (Å²) in [5.41, 5.74) is 14.3. The summed E-state index contributed by atoms with van der Waals surface area (Å²) < 4.78 is 25.0. The van der Waals surface area contributed by atoms with Gasteiger partial charge < -0.3 is 10.5 Å². The molecule has 2 N–H and O–H groups in total. The monoisotopic (exact) mass is 470 g/mol. The number of nitrogens with two attached hydrogens (primary N) is 1. The fourth-order valence-corrected chi connectivity index (χ4v) is 5.76. The molecule has 2 atom stereocenters. The number of pyridine rings is 1. The number of halogens is 1. The van der Waals surface area contributed by atoms with E-state index in [2.05, 4.69) is 27.5 Å². The van der Waals surface area contributed by atoms with Crippen molar-refractivity contribution in [1.29, 1.82) is 0 Å². The van der Waals surface area contributed by atoms with Crippen LogP contribution in [0.1, 0.15) is 73.6 Å². The first kappa shape index (κ1) is 20.7. The van der Waals surface area contributed by atoms with Crippen molar-refractivity contribution in [2.75, 3.05) is 5.73 Å². The molecule has 7 rings (SSSR count). The Hall–Kier alpha value is -3.68. The number of fused-ring (bicyclic) bond motifs is 7. The standard InChI is InChI=1S/C27H27FN6O/c1-3-33-26-15-10-23(27(29)30-12-15)35-14(2)20-11-16(28)4-7-19(20)25-21(13-34(32-25)17-5-6-17)18-8-9-22(31-33)24(18)26/h4,7,10-14,17-18H,3,5-6,8-9H2,1-2H3,(H2,29,30)/t14-,18?/m1/s1. The molecule has 1 fully saturated rings. The lowest BCUT2D eigenvalue weighted by molar-refractivity contribution is 0.227. The van der Waals surface area contributed by atoms with Crippen LogP contribution in [0.2, 0.25) is 0 Å². The molecule has 0 spiro atoms. The smallest absolute Gasteiger partial charge is 0.166 e. The summed E-state index contributed by atoms with van der Waals surface area (Å²) in [7, 11) is 0. The fraction of sp³-hybridized carbons (Fsp3) is 0.370. The van der Waals surface area contributed by atoms with E-state index < -0.39 is 6.10 Å². The highest BCUT2D eigenvalue weighted by molar-refractivity contribution is 5.74. The Labute approximate surface area is 202 Å². The van der Waals surface area contributed by atoms with Gasteiger partial charge in [0.05, 0.1) is 23.1 Å². The normalized spacial score (nSPS) is 20.3. The number of rotatable bonds is 2. The number of nitrogens with zero attached hydrogens (tertiary/aromatic N) is 5. The molecule has 4 heterocycles. The van der Waals surface area contributed by atoms with Gasteiger partial charge in [0, 0.05) is 52.7 Å². The fourth-order valence-electron chi connectivity index (χ4n) is 5.76. The van der Waals surface area contributed by atoms with Crippen LogP contribution in [0.3, 0.4) is 0 Å². The molecule has 0 saturated heterocycles. The second-order valence-corrected chi connectivity index (χ2v) is 9.86. The molecule has 8 heteroatoms. The predicted molar refractivity (Wildman–Crippen MR) is 131 cm³/mol. The van der Waals surface area contributed by atoms with Crippen LogP contribution in [-0.4, -0.2) is 24.5 Å². The Morgan fingerprint density at radius 1 is 1.14 bits per heavy atom. The first-order valence-electron chi connectivity index (χ1n) is 12.4. The van der Waals surface area contributed by atoms with Gasteiger partial charge in [-0.25, -0.2) is 9.37 Å². The zero-order valence-electron chi connectivity index (χ0n) is 19.8. The quantitative estimate of drug-likeness (QED) is 0.423. The van der Waals surface area contributed by atoms with Crippen LogP contribution in [-0.2, 0) is 13.0 Å². The third-order valence-corrected chi connectivity index (χ3v) is 7.61. The predicted octanol–water partition coefficient (Wildman–Crippen LogP) is 5.42. The zero-order chi connectivity index (χ0) is 23.8. The molecule has 2 bridgehead atoms. The summed E-state index contributed by atoms with van der Waals surface area (Å²) in [6, 6.07) is 7.29. The molecule has 7 nitrogen and oxygen atoms in total. The van der Waals surface area contributed by atoms with E-state index in [-0.39, 0.29) is 11.7 Å². The lowest BCUT2D eigenvalue weighted by Gasteiger charge is -2.22. The van der Waals surface area contributed by atoms with Crippen molar-refractivity contribution in [3.05, 3.63) is 64.9 Å². The summed E-state index contributed by atoms with van der Waals surface area (Å²) in [6.45, 7) is 4.78. The summed E-state index contributed by atoms with van der Waals surface area (Å²) >= 11 is 0. The lowest BCUT2D eigenvalue weighted by atomic mass is 9.88. The Morgan fingerprint density at radius 2 is 2.00 bits per heavy atom. The Balaban J connectivity index is 1.55. The molecule has 1 saturated carbocycles. The molecular weight excluding hydrogens is 443 g/mol. The summed E-state index contributed by atoms with van der Waals surface area (Å²) in [5, 5.41) is 10.1. The van der Waals surface area contributed by atoms with Crippen LogP contribution in [0.25, 0.3) is 22.5 Å². The van der Waals surface area contributed by atoms with Crippen molar-refractivity contribution in [2.45, 2.75) is 64.1 Å². The first-order valence-corrected chi connectivity index (χ1v) is 12.4. The van der Waals surface area contributed by atoms with Crippen molar-refractivity contribution >= 4 is 5.82 Å². The number of hydrogen-bond acceptors (Lipinski definition) is 5. The van der Waals surface area contributed by atoms with Gasteiger partial charge in [-0.2, -0.15) is 10.2 Å². The molecule has 1 unspecified atom stereocenters. The molecule has 35 heavy (non-hydrogen) atoms. The second-order valence-electron chi connectivity index (χ2n) is 9.86. The van der Waals surface area contributed by atoms with Crippen LogP contribution < -0.4 is 10.5 Å². The van der Waals surface area contributed by atoms with Gasteiger partial charge in [0.2, 0.25) is 0 Å². The van der Waals surface area contributed by atoms with E-state index in [9.17, 15) is 4.39 Å². The van der Waals surface area contributed by atoms with Crippen molar-refractivity contribution in [3.63, 3.8) is 0 Å². The van der Waals surface area contributed by atoms with Crippen molar-refractivity contribution in [1.82, 2.24) is 24.5 Å². The molecule has 0 radical (unpaired) electrons. The second kappa shape index (κ2) is 7.41. The number of aryl methyl sites for hydroxylation is 2. The highest BCUT2D eigenvalue weighted by atomic mass is 19.1. The SMILES string of the molecule is CCn1nc2c3c1-c1cnc(N)c(c1)O[C@H](C)c1cc(F)ccc1-c1nn(C4CC4)cc1C3CC2. The summed E-state index contributed by atoms with van der Waals surface area (Å²) in [4.78, 5) is 4.47. The van der Waals surface area contributed by atoms with Gasteiger partial charge >= 0.3 is 0 Å². The van der Waals surface area contributed by atoms with Crippen molar-refractivity contribution in [3.8, 4) is 28.3 Å². The number of aromatic nitrogens is 5. The number of benzene rings is 1. The summed E-state index contributed by atoms with van der Waals surface area (Å²) in [6.07, 6.45) is 7.73. The minimum absolute atomic E-state index is 0.150. The minimum Gasteiger partial charge on any atom is -0.482 e.